The molecule has 0 aromatic rings. The lowest BCUT2D eigenvalue weighted by Crippen LogP contribution is -2.20. The molecule has 10 heavy (non-hydrogen) atoms. The van der Waals surface area contributed by atoms with Crippen LogP contribution in [0.4, 0.5) is 0 Å². The summed E-state index contributed by atoms with van der Waals surface area (Å²) in [6.07, 6.45) is 3.88. The Bertz CT molecular complexity index is 193. The Kier molecular flexibility index (Phi) is 1.87. The average molecular weight is 140 g/mol. The summed E-state index contributed by atoms with van der Waals surface area (Å²) >= 11 is 0. The zero-order valence-electron chi connectivity index (χ0n) is 5.27. The number of aliphatic hydroxyl groups is 2. The molecule has 0 aromatic heterocycles. The normalized spacial score (nSPS) is 31.5. The van der Waals surface area contributed by atoms with Crippen LogP contribution in [0.5, 0.6) is 0 Å². The second-order valence-electron chi connectivity index (χ2n) is 2.15. The first-order valence-corrected chi connectivity index (χ1v) is 2.96. The summed E-state index contributed by atoms with van der Waals surface area (Å²) in [6.45, 7) is 0. The third kappa shape index (κ3) is 1.25. The summed E-state index contributed by atoms with van der Waals surface area (Å²) in [6, 6.07) is 0. The van der Waals surface area contributed by atoms with Crippen LogP contribution in [0.3, 0.4) is 0 Å². The quantitative estimate of drug-likeness (QED) is 0.510. The minimum atomic E-state index is -0.784. The van der Waals surface area contributed by atoms with Crippen LogP contribution in [0, 0.1) is 5.92 Å². The Morgan fingerprint density at radius 1 is 1.60 bits per heavy atom. The van der Waals surface area contributed by atoms with Crippen LogP contribution in [0.25, 0.3) is 0 Å². The van der Waals surface area contributed by atoms with Crippen LogP contribution in [0.2, 0.25) is 0 Å². The molecule has 0 bridgehead atoms. The van der Waals surface area contributed by atoms with Gasteiger partial charge in [-0.15, -0.1) is 0 Å². The molecule has 2 atom stereocenters. The fraction of sp³-hybridized carbons (Fsp3) is 0.286. The van der Waals surface area contributed by atoms with Gasteiger partial charge in [0.1, 0.15) is 12.0 Å². The second-order valence-corrected chi connectivity index (χ2v) is 2.15. The number of carbonyl (C=O) groups is 1. The van der Waals surface area contributed by atoms with E-state index in [2.05, 4.69) is 0 Å². The van der Waals surface area contributed by atoms with Crippen molar-refractivity contribution < 1.29 is 15.0 Å². The fourth-order valence-corrected chi connectivity index (χ4v) is 0.797. The molecule has 1 aliphatic carbocycles. The molecule has 54 valence electrons. The number of hydrogen-bond donors (Lipinski definition) is 2. The van der Waals surface area contributed by atoms with Crippen molar-refractivity contribution in [2.24, 2.45) is 5.92 Å². The van der Waals surface area contributed by atoms with Crippen LogP contribution in [0.15, 0.2) is 24.0 Å². The second kappa shape index (κ2) is 2.66. The van der Waals surface area contributed by atoms with E-state index in [0.717, 1.165) is 0 Å². The van der Waals surface area contributed by atoms with Crippen molar-refractivity contribution >= 4 is 6.29 Å². The fourth-order valence-electron chi connectivity index (χ4n) is 0.797. The average Bonchev–Trinajstić information content (AvgIpc) is 1.94. The minimum Gasteiger partial charge on any atom is -0.508 e. The van der Waals surface area contributed by atoms with Crippen molar-refractivity contribution in [2.45, 2.75) is 6.10 Å². The molecule has 1 rings (SSSR count). The summed E-state index contributed by atoms with van der Waals surface area (Å²) in [5.74, 6) is -0.563. The summed E-state index contributed by atoms with van der Waals surface area (Å²) in [4.78, 5) is 10.2. The lowest BCUT2D eigenvalue weighted by atomic mass is 9.99. The third-order valence-corrected chi connectivity index (χ3v) is 1.38. The Morgan fingerprint density at radius 3 is 2.80 bits per heavy atom. The molecule has 0 heterocycles. The summed E-state index contributed by atoms with van der Waals surface area (Å²) < 4.78 is 0. The van der Waals surface area contributed by atoms with E-state index in [1.807, 2.05) is 0 Å². The largest absolute Gasteiger partial charge is 0.508 e. The molecule has 2 N–H and O–H groups in total. The van der Waals surface area contributed by atoms with Gasteiger partial charge in [-0.2, -0.15) is 0 Å². The standard InChI is InChI=1S/C7H8O3/c8-4-5-3-6(9)1-2-7(5)10/h1-5,7,9-10H. The maximum atomic E-state index is 10.2. The maximum absolute atomic E-state index is 10.2. The monoisotopic (exact) mass is 140 g/mol. The van der Waals surface area contributed by atoms with Crippen molar-refractivity contribution in [2.75, 3.05) is 0 Å². The lowest BCUT2D eigenvalue weighted by molar-refractivity contribution is -0.111. The van der Waals surface area contributed by atoms with E-state index >= 15 is 0 Å². The van der Waals surface area contributed by atoms with E-state index in [1.165, 1.54) is 18.2 Å². The molecule has 3 heteroatoms. The van der Waals surface area contributed by atoms with E-state index in [4.69, 9.17) is 10.2 Å². The molecule has 2 unspecified atom stereocenters. The maximum Gasteiger partial charge on any atom is 0.129 e. The van der Waals surface area contributed by atoms with E-state index in [9.17, 15) is 4.79 Å². The van der Waals surface area contributed by atoms with E-state index in [0.29, 0.717) is 6.29 Å². The molecule has 3 nitrogen and oxygen atoms in total. The van der Waals surface area contributed by atoms with Crippen LogP contribution >= 0.6 is 0 Å². The molecule has 0 saturated carbocycles. The molecule has 0 spiro atoms. The van der Waals surface area contributed by atoms with Gasteiger partial charge in [-0.25, -0.2) is 0 Å². The van der Waals surface area contributed by atoms with Gasteiger partial charge in [-0.1, -0.05) is 6.08 Å². The third-order valence-electron chi connectivity index (χ3n) is 1.38. The van der Waals surface area contributed by atoms with Gasteiger partial charge in [0.15, 0.2) is 0 Å². The number of rotatable bonds is 1. The molecule has 1 aliphatic rings. The smallest absolute Gasteiger partial charge is 0.129 e. The van der Waals surface area contributed by atoms with Crippen molar-refractivity contribution in [3.8, 4) is 0 Å². The number of allylic oxidation sites excluding steroid dienone is 1. The van der Waals surface area contributed by atoms with Gasteiger partial charge < -0.3 is 15.0 Å². The van der Waals surface area contributed by atoms with Gasteiger partial charge in [-0.3, -0.25) is 0 Å². The highest BCUT2D eigenvalue weighted by Gasteiger charge is 2.16. The Morgan fingerprint density at radius 2 is 2.30 bits per heavy atom. The van der Waals surface area contributed by atoms with Crippen molar-refractivity contribution in [1.29, 1.82) is 0 Å². The molecule has 0 aliphatic heterocycles. The molecule has 0 fully saturated rings. The first kappa shape index (κ1) is 7.02. The number of aliphatic hydroxyl groups excluding tert-OH is 2. The van der Waals surface area contributed by atoms with Gasteiger partial charge >= 0.3 is 0 Å². The van der Waals surface area contributed by atoms with Gasteiger partial charge in [0, 0.05) is 0 Å². The van der Waals surface area contributed by atoms with Gasteiger partial charge in [0.2, 0.25) is 0 Å². The minimum absolute atomic E-state index is 0.0300. The highest BCUT2D eigenvalue weighted by atomic mass is 16.3. The highest BCUT2D eigenvalue weighted by Crippen LogP contribution is 2.13. The first-order valence-electron chi connectivity index (χ1n) is 2.96. The van der Waals surface area contributed by atoms with Crippen LogP contribution in [-0.4, -0.2) is 22.6 Å². The zero-order chi connectivity index (χ0) is 7.56. The summed E-state index contributed by atoms with van der Waals surface area (Å²) in [5.41, 5.74) is 0. The SMILES string of the molecule is O=CC1C=C(O)C=CC1O. The first-order chi connectivity index (χ1) is 4.74. The van der Waals surface area contributed by atoms with E-state index in [1.54, 1.807) is 0 Å². The topological polar surface area (TPSA) is 57.5 Å². The Labute approximate surface area is 58.3 Å². The predicted molar refractivity (Wildman–Crippen MR) is 35.4 cm³/mol. The van der Waals surface area contributed by atoms with Gasteiger partial charge in [0.05, 0.1) is 12.0 Å². The van der Waals surface area contributed by atoms with Crippen molar-refractivity contribution in [3.63, 3.8) is 0 Å². The Hall–Kier alpha value is -1.09. The Balaban J connectivity index is 2.76. The summed E-state index contributed by atoms with van der Waals surface area (Å²) in [7, 11) is 0. The molecule has 0 saturated heterocycles. The lowest BCUT2D eigenvalue weighted by Gasteiger charge is -2.13. The molecule has 0 aromatic carbocycles. The molecular weight excluding hydrogens is 132 g/mol. The number of aldehydes is 1. The highest BCUT2D eigenvalue weighted by molar-refractivity contribution is 5.59. The van der Waals surface area contributed by atoms with Crippen LogP contribution < -0.4 is 0 Å². The van der Waals surface area contributed by atoms with E-state index in [-0.39, 0.29) is 5.76 Å². The molecule has 0 amide bonds. The van der Waals surface area contributed by atoms with Crippen LogP contribution in [0.1, 0.15) is 0 Å². The van der Waals surface area contributed by atoms with Crippen molar-refractivity contribution in [1.82, 2.24) is 0 Å². The zero-order valence-corrected chi connectivity index (χ0v) is 5.27. The van der Waals surface area contributed by atoms with Gasteiger partial charge in [0.25, 0.3) is 0 Å². The van der Waals surface area contributed by atoms with Crippen molar-refractivity contribution in [3.05, 3.63) is 24.0 Å². The molecule has 0 radical (unpaired) electrons. The van der Waals surface area contributed by atoms with E-state index < -0.39 is 12.0 Å². The van der Waals surface area contributed by atoms with Gasteiger partial charge in [-0.05, 0) is 12.2 Å². The summed E-state index contributed by atoms with van der Waals surface area (Å²) in [5, 5.41) is 17.8. The predicted octanol–water partition coefficient (Wildman–Crippen LogP) is 0.174. The molecular formula is C7H8O3. The van der Waals surface area contributed by atoms with Crippen LogP contribution in [-0.2, 0) is 4.79 Å². The number of carbonyl (C=O) groups excluding carboxylic acids is 1. The number of hydrogen-bond acceptors (Lipinski definition) is 3.